The normalized spacial score (nSPS) is 15.5. The Labute approximate surface area is 176 Å². The molecular formula is C22H27N3O5. The highest BCUT2D eigenvalue weighted by Crippen LogP contribution is 2.36. The summed E-state index contributed by atoms with van der Waals surface area (Å²) in [6.45, 7) is 2.97. The van der Waals surface area contributed by atoms with Gasteiger partial charge in [-0.05, 0) is 51.4 Å². The highest BCUT2D eigenvalue weighted by molar-refractivity contribution is 6.06. The van der Waals surface area contributed by atoms with E-state index >= 15 is 0 Å². The van der Waals surface area contributed by atoms with Gasteiger partial charge in [0.25, 0.3) is 11.8 Å². The summed E-state index contributed by atoms with van der Waals surface area (Å²) in [6, 6.07) is 10.2. The summed E-state index contributed by atoms with van der Waals surface area (Å²) in [4.78, 5) is 29.2. The summed E-state index contributed by atoms with van der Waals surface area (Å²) in [5.41, 5.74) is 1.59. The number of carbonyl (C=O) groups excluding carboxylic acids is 2. The number of nitrogens with zero attached hydrogens (tertiary/aromatic N) is 2. The summed E-state index contributed by atoms with van der Waals surface area (Å²) in [5, 5.41) is 2.87. The minimum Gasteiger partial charge on any atom is -0.497 e. The van der Waals surface area contributed by atoms with E-state index in [1.54, 1.807) is 48.2 Å². The lowest BCUT2D eigenvalue weighted by Crippen LogP contribution is -2.46. The van der Waals surface area contributed by atoms with Crippen LogP contribution in [0.15, 0.2) is 36.4 Å². The van der Waals surface area contributed by atoms with Crippen molar-refractivity contribution in [2.24, 2.45) is 0 Å². The largest absolute Gasteiger partial charge is 0.497 e. The van der Waals surface area contributed by atoms with Gasteiger partial charge in [0.1, 0.15) is 17.2 Å². The number of amides is 2. The van der Waals surface area contributed by atoms with Gasteiger partial charge in [0.15, 0.2) is 6.10 Å². The molecule has 8 heteroatoms. The van der Waals surface area contributed by atoms with E-state index in [0.29, 0.717) is 47.3 Å². The molecule has 0 aliphatic carbocycles. The fraction of sp³-hybridized carbons (Fsp3) is 0.364. The maximum absolute atomic E-state index is 12.8. The Hall–Kier alpha value is -3.26. The Kier molecular flexibility index (Phi) is 6.47. The van der Waals surface area contributed by atoms with Gasteiger partial charge in [0.05, 0.1) is 19.9 Å². The Bertz CT molecular complexity index is 922. The minimum atomic E-state index is -0.552. The number of nitrogens with one attached hydrogen (secondary N) is 1. The van der Waals surface area contributed by atoms with Gasteiger partial charge in [-0.3, -0.25) is 9.59 Å². The van der Waals surface area contributed by atoms with Crippen molar-refractivity contribution in [3.05, 3.63) is 42.0 Å². The van der Waals surface area contributed by atoms with Crippen molar-refractivity contribution in [1.29, 1.82) is 0 Å². The van der Waals surface area contributed by atoms with Crippen LogP contribution in [-0.2, 0) is 4.79 Å². The molecule has 2 amide bonds. The Morgan fingerprint density at radius 2 is 1.80 bits per heavy atom. The van der Waals surface area contributed by atoms with Crippen molar-refractivity contribution in [3.8, 4) is 17.2 Å². The van der Waals surface area contributed by atoms with E-state index in [4.69, 9.17) is 14.2 Å². The van der Waals surface area contributed by atoms with Crippen molar-refractivity contribution >= 4 is 23.2 Å². The molecule has 3 rings (SSSR count). The second-order valence-electron chi connectivity index (χ2n) is 7.29. The van der Waals surface area contributed by atoms with Crippen molar-refractivity contribution in [3.63, 3.8) is 0 Å². The van der Waals surface area contributed by atoms with Crippen LogP contribution < -0.4 is 24.4 Å². The zero-order chi connectivity index (χ0) is 21.8. The molecule has 8 nitrogen and oxygen atoms in total. The van der Waals surface area contributed by atoms with Crippen molar-refractivity contribution < 1.29 is 23.8 Å². The highest BCUT2D eigenvalue weighted by Gasteiger charge is 2.31. The van der Waals surface area contributed by atoms with Gasteiger partial charge in [-0.25, -0.2) is 0 Å². The molecule has 30 heavy (non-hydrogen) atoms. The van der Waals surface area contributed by atoms with E-state index in [2.05, 4.69) is 5.32 Å². The first-order valence-electron chi connectivity index (χ1n) is 9.63. The van der Waals surface area contributed by atoms with Crippen LogP contribution in [0, 0.1) is 0 Å². The number of benzene rings is 2. The molecule has 0 bridgehead atoms. The highest BCUT2D eigenvalue weighted by atomic mass is 16.5. The van der Waals surface area contributed by atoms with E-state index in [-0.39, 0.29) is 11.8 Å². The number of likely N-dealkylation sites (N-methyl/N-ethyl adjacent to an activating group) is 1. The number of carbonyl (C=O) groups is 2. The lowest BCUT2D eigenvalue weighted by atomic mass is 10.1. The van der Waals surface area contributed by atoms with E-state index in [1.165, 1.54) is 14.2 Å². The molecule has 1 atom stereocenters. The second kappa shape index (κ2) is 9.04. The Morgan fingerprint density at radius 1 is 1.13 bits per heavy atom. The molecule has 2 aromatic rings. The molecule has 0 radical (unpaired) electrons. The average Bonchev–Trinajstić information content (AvgIpc) is 2.73. The summed E-state index contributed by atoms with van der Waals surface area (Å²) in [6.07, 6.45) is -0.552. The third-order valence-corrected chi connectivity index (χ3v) is 4.81. The zero-order valence-electron chi connectivity index (χ0n) is 17.9. The average molecular weight is 413 g/mol. The second-order valence-corrected chi connectivity index (χ2v) is 7.29. The molecular weight excluding hydrogens is 386 g/mol. The molecule has 1 N–H and O–H groups in total. The molecule has 0 saturated carbocycles. The van der Waals surface area contributed by atoms with Crippen LogP contribution in [0.2, 0.25) is 0 Å². The first-order chi connectivity index (χ1) is 14.3. The number of hydrogen-bond donors (Lipinski definition) is 1. The van der Waals surface area contributed by atoms with Crippen LogP contribution in [0.25, 0.3) is 0 Å². The van der Waals surface area contributed by atoms with Crippen LogP contribution in [0.5, 0.6) is 17.2 Å². The Balaban J connectivity index is 1.86. The van der Waals surface area contributed by atoms with Crippen molar-refractivity contribution in [2.75, 3.05) is 51.6 Å². The van der Waals surface area contributed by atoms with E-state index < -0.39 is 6.10 Å². The predicted molar refractivity (Wildman–Crippen MR) is 115 cm³/mol. The number of hydrogen-bond acceptors (Lipinski definition) is 6. The van der Waals surface area contributed by atoms with Gasteiger partial charge in [0.2, 0.25) is 0 Å². The van der Waals surface area contributed by atoms with Gasteiger partial charge in [-0.2, -0.15) is 0 Å². The maximum atomic E-state index is 12.8. The monoisotopic (exact) mass is 413 g/mol. The minimum absolute atomic E-state index is 0.106. The third kappa shape index (κ3) is 4.65. The number of fused-ring (bicyclic) bond motifs is 1. The van der Waals surface area contributed by atoms with Crippen molar-refractivity contribution in [1.82, 2.24) is 4.90 Å². The number of anilines is 2. The van der Waals surface area contributed by atoms with E-state index in [0.717, 1.165) is 0 Å². The summed E-state index contributed by atoms with van der Waals surface area (Å²) in [5.74, 6) is 1.23. The van der Waals surface area contributed by atoms with Crippen molar-refractivity contribution in [2.45, 2.75) is 13.0 Å². The summed E-state index contributed by atoms with van der Waals surface area (Å²) < 4.78 is 16.2. The standard InChI is InChI=1S/C22H27N3O5/c1-14-22(27)25(9-8-24(2)3)19-12-16(6-7-20(19)30-14)23-21(26)15-10-17(28-4)13-18(11-15)29-5/h6-7,10-14H,8-9H2,1-5H3,(H,23,26). The van der Waals surface area contributed by atoms with E-state index in [1.807, 2.05) is 19.0 Å². The Morgan fingerprint density at radius 3 is 2.40 bits per heavy atom. The molecule has 0 spiro atoms. The fourth-order valence-corrected chi connectivity index (χ4v) is 3.16. The van der Waals surface area contributed by atoms with Gasteiger partial charge >= 0.3 is 0 Å². The maximum Gasteiger partial charge on any atom is 0.267 e. The zero-order valence-corrected chi connectivity index (χ0v) is 17.9. The lowest BCUT2D eigenvalue weighted by Gasteiger charge is -2.34. The topological polar surface area (TPSA) is 80.3 Å². The van der Waals surface area contributed by atoms with Crippen LogP contribution in [0.1, 0.15) is 17.3 Å². The fourth-order valence-electron chi connectivity index (χ4n) is 3.16. The van der Waals surface area contributed by atoms with Gasteiger partial charge in [-0.15, -0.1) is 0 Å². The summed E-state index contributed by atoms with van der Waals surface area (Å²) >= 11 is 0. The van der Waals surface area contributed by atoms with Gasteiger partial charge in [-0.1, -0.05) is 0 Å². The molecule has 0 saturated heterocycles. The molecule has 1 aliphatic heterocycles. The SMILES string of the molecule is COc1cc(OC)cc(C(=O)Nc2ccc3c(c2)N(CCN(C)C)C(=O)C(C)O3)c1. The lowest BCUT2D eigenvalue weighted by molar-refractivity contribution is -0.125. The molecule has 1 aliphatic rings. The number of ether oxygens (including phenoxy) is 3. The number of methoxy groups -OCH3 is 2. The predicted octanol–water partition coefficient (Wildman–Crippen LogP) is 2.63. The third-order valence-electron chi connectivity index (χ3n) is 4.81. The quantitative estimate of drug-likeness (QED) is 0.752. The smallest absolute Gasteiger partial charge is 0.267 e. The molecule has 1 unspecified atom stereocenters. The van der Waals surface area contributed by atoms with E-state index in [9.17, 15) is 9.59 Å². The number of rotatable bonds is 7. The van der Waals surface area contributed by atoms with Crippen LogP contribution in [-0.4, -0.2) is 64.2 Å². The molecule has 1 heterocycles. The molecule has 2 aromatic carbocycles. The van der Waals surface area contributed by atoms with Gasteiger partial charge in [0, 0.05) is 30.4 Å². The summed E-state index contributed by atoms with van der Waals surface area (Å²) in [7, 11) is 6.96. The van der Waals surface area contributed by atoms with Gasteiger partial charge < -0.3 is 29.3 Å². The van der Waals surface area contributed by atoms with Crippen LogP contribution in [0.3, 0.4) is 0 Å². The van der Waals surface area contributed by atoms with Crippen LogP contribution in [0.4, 0.5) is 11.4 Å². The molecule has 0 aromatic heterocycles. The first-order valence-corrected chi connectivity index (χ1v) is 9.63. The first kappa shape index (κ1) is 21.4. The molecule has 0 fully saturated rings. The van der Waals surface area contributed by atoms with Crippen LogP contribution >= 0.6 is 0 Å². The molecule has 160 valence electrons.